The quantitative estimate of drug-likeness (QED) is 0.719. The fourth-order valence-corrected chi connectivity index (χ4v) is 3.38. The number of fused-ring (bicyclic) bond motifs is 1. The van der Waals surface area contributed by atoms with Crippen molar-refractivity contribution in [2.24, 2.45) is 0 Å². The molecule has 5 nitrogen and oxygen atoms in total. The molecule has 0 saturated heterocycles. The average Bonchev–Trinajstić information content (AvgIpc) is 3.30. The molecule has 0 saturated carbocycles. The molecule has 0 atom stereocenters. The standard InChI is InChI=1S/C21H20N2O3/c24-13-15-9-11-16(12-10-15)21(25)26-14-19-18-7-4-8-20(18)23(22-19)17-5-2-1-3-6-17/h1-3,5-6,9-12,24H,4,7-8,13-14H2. The van der Waals surface area contributed by atoms with E-state index in [0.717, 1.165) is 36.2 Å². The largest absolute Gasteiger partial charge is 0.455 e. The first-order chi connectivity index (χ1) is 12.8. The number of rotatable bonds is 5. The van der Waals surface area contributed by atoms with Gasteiger partial charge >= 0.3 is 5.97 Å². The van der Waals surface area contributed by atoms with Crippen molar-refractivity contribution in [2.75, 3.05) is 0 Å². The minimum Gasteiger partial charge on any atom is -0.455 e. The molecule has 0 bridgehead atoms. The number of aromatic nitrogens is 2. The Kier molecular flexibility index (Phi) is 4.54. The van der Waals surface area contributed by atoms with Gasteiger partial charge in [-0.25, -0.2) is 9.48 Å². The van der Waals surface area contributed by atoms with Gasteiger partial charge in [0.1, 0.15) is 12.3 Å². The summed E-state index contributed by atoms with van der Waals surface area (Å²) in [4.78, 5) is 12.3. The highest BCUT2D eigenvalue weighted by atomic mass is 16.5. The summed E-state index contributed by atoms with van der Waals surface area (Å²) in [6.45, 7) is 0.126. The number of esters is 1. The Morgan fingerprint density at radius 3 is 2.58 bits per heavy atom. The zero-order chi connectivity index (χ0) is 17.9. The lowest BCUT2D eigenvalue weighted by Crippen LogP contribution is -2.07. The number of carbonyl (C=O) groups is 1. The van der Waals surface area contributed by atoms with Crippen LogP contribution in [0.2, 0.25) is 0 Å². The minimum absolute atomic E-state index is 0.0433. The highest BCUT2D eigenvalue weighted by Crippen LogP contribution is 2.28. The van der Waals surface area contributed by atoms with E-state index in [4.69, 9.17) is 14.9 Å². The van der Waals surface area contributed by atoms with Crippen LogP contribution in [-0.2, 0) is 30.8 Å². The van der Waals surface area contributed by atoms with Crippen molar-refractivity contribution in [2.45, 2.75) is 32.5 Å². The second-order valence-corrected chi connectivity index (χ2v) is 6.40. The number of hydrogen-bond acceptors (Lipinski definition) is 4. The van der Waals surface area contributed by atoms with Gasteiger partial charge in [0.05, 0.1) is 17.9 Å². The number of hydrogen-bond donors (Lipinski definition) is 1. The number of para-hydroxylation sites is 1. The van der Waals surface area contributed by atoms with Crippen molar-refractivity contribution in [1.29, 1.82) is 0 Å². The van der Waals surface area contributed by atoms with Gasteiger partial charge in [0.25, 0.3) is 0 Å². The van der Waals surface area contributed by atoms with Crippen molar-refractivity contribution in [3.8, 4) is 5.69 Å². The Morgan fingerprint density at radius 1 is 1.08 bits per heavy atom. The average molecular weight is 348 g/mol. The first-order valence-corrected chi connectivity index (χ1v) is 8.78. The summed E-state index contributed by atoms with van der Waals surface area (Å²) in [7, 11) is 0. The second kappa shape index (κ2) is 7.14. The molecule has 0 spiro atoms. The number of ether oxygens (including phenoxy) is 1. The third-order valence-corrected chi connectivity index (χ3v) is 4.73. The molecule has 132 valence electrons. The molecule has 0 fully saturated rings. The number of aliphatic hydroxyl groups is 1. The van der Waals surface area contributed by atoms with Crippen molar-refractivity contribution >= 4 is 5.97 Å². The maximum atomic E-state index is 12.3. The summed E-state index contributed by atoms with van der Waals surface area (Å²) in [5, 5.41) is 13.8. The fourth-order valence-electron chi connectivity index (χ4n) is 3.38. The van der Waals surface area contributed by atoms with Crippen LogP contribution in [0.5, 0.6) is 0 Å². The van der Waals surface area contributed by atoms with E-state index in [1.807, 2.05) is 35.0 Å². The zero-order valence-electron chi connectivity index (χ0n) is 14.4. The van der Waals surface area contributed by atoms with E-state index >= 15 is 0 Å². The number of carbonyl (C=O) groups excluding carboxylic acids is 1. The van der Waals surface area contributed by atoms with Gasteiger partial charge in [0.15, 0.2) is 0 Å². The topological polar surface area (TPSA) is 64.3 Å². The van der Waals surface area contributed by atoms with Crippen LogP contribution in [0.3, 0.4) is 0 Å². The van der Waals surface area contributed by atoms with E-state index < -0.39 is 0 Å². The van der Waals surface area contributed by atoms with Crippen LogP contribution >= 0.6 is 0 Å². The van der Waals surface area contributed by atoms with Gasteiger partial charge in [-0.05, 0) is 49.1 Å². The molecule has 0 unspecified atom stereocenters. The first kappa shape index (κ1) is 16.5. The van der Waals surface area contributed by atoms with Crippen molar-refractivity contribution in [1.82, 2.24) is 9.78 Å². The summed E-state index contributed by atoms with van der Waals surface area (Å²) >= 11 is 0. The van der Waals surface area contributed by atoms with E-state index in [1.165, 1.54) is 11.3 Å². The Balaban J connectivity index is 1.52. The fraction of sp³-hybridized carbons (Fsp3) is 0.238. The Bertz CT molecular complexity index is 914. The molecular weight excluding hydrogens is 328 g/mol. The molecule has 1 aliphatic rings. The van der Waals surface area contributed by atoms with Gasteiger partial charge in [-0.3, -0.25) is 0 Å². The number of aliphatic hydroxyl groups excluding tert-OH is 1. The maximum Gasteiger partial charge on any atom is 0.338 e. The molecule has 3 aromatic rings. The molecule has 5 heteroatoms. The van der Waals surface area contributed by atoms with Crippen molar-refractivity contribution in [3.05, 3.63) is 82.7 Å². The van der Waals surface area contributed by atoms with E-state index in [2.05, 4.69) is 0 Å². The van der Waals surface area contributed by atoms with E-state index in [0.29, 0.717) is 5.56 Å². The van der Waals surface area contributed by atoms with Crippen LogP contribution in [0.1, 0.15) is 39.3 Å². The first-order valence-electron chi connectivity index (χ1n) is 8.78. The molecule has 1 aromatic heterocycles. The third-order valence-electron chi connectivity index (χ3n) is 4.73. The molecular formula is C21H20N2O3. The van der Waals surface area contributed by atoms with Gasteiger partial charge in [-0.1, -0.05) is 30.3 Å². The van der Waals surface area contributed by atoms with Gasteiger partial charge in [0, 0.05) is 11.3 Å². The molecule has 0 amide bonds. The van der Waals surface area contributed by atoms with Crippen molar-refractivity contribution in [3.63, 3.8) is 0 Å². The summed E-state index contributed by atoms with van der Waals surface area (Å²) < 4.78 is 7.46. The monoisotopic (exact) mass is 348 g/mol. The third kappa shape index (κ3) is 3.13. The van der Waals surface area contributed by atoms with E-state index in [-0.39, 0.29) is 19.2 Å². The summed E-state index contributed by atoms with van der Waals surface area (Å²) in [6.07, 6.45) is 3.07. The van der Waals surface area contributed by atoms with Crippen LogP contribution in [0.25, 0.3) is 5.69 Å². The van der Waals surface area contributed by atoms with Crippen LogP contribution in [0.4, 0.5) is 0 Å². The minimum atomic E-state index is -0.379. The molecule has 0 aliphatic heterocycles. The lowest BCUT2D eigenvalue weighted by molar-refractivity contribution is 0.0466. The zero-order valence-corrected chi connectivity index (χ0v) is 14.4. The molecule has 4 rings (SSSR count). The maximum absolute atomic E-state index is 12.3. The molecule has 0 radical (unpaired) electrons. The van der Waals surface area contributed by atoms with Gasteiger partial charge in [0.2, 0.25) is 0 Å². The van der Waals surface area contributed by atoms with Crippen LogP contribution in [0.15, 0.2) is 54.6 Å². The Morgan fingerprint density at radius 2 is 1.85 bits per heavy atom. The van der Waals surface area contributed by atoms with Gasteiger partial charge < -0.3 is 9.84 Å². The number of nitrogens with zero attached hydrogens (tertiary/aromatic N) is 2. The summed E-state index contributed by atoms with van der Waals surface area (Å²) in [5.41, 5.74) is 5.53. The molecule has 1 N–H and O–H groups in total. The lowest BCUT2D eigenvalue weighted by atomic mass is 10.1. The molecule has 1 heterocycles. The Labute approximate surface area is 151 Å². The summed E-state index contributed by atoms with van der Waals surface area (Å²) in [6, 6.07) is 16.8. The predicted octanol–water partition coefficient (Wildman–Crippen LogP) is 3.21. The van der Waals surface area contributed by atoms with E-state index in [9.17, 15) is 4.79 Å². The van der Waals surface area contributed by atoms with Crippen LogP contribution < -0.4 is 0 Å². The highest BCUT2D eigenvalue weighted by molar-refractivity contribution is 5.89. The SMILES string of the molecule is O=C(OCc1nn(-c2ccccc2)c2c1CCC2)c1ccc(CO)cc1. The highest BCUT2D eigenvalue weighted by Gasteiger charge is 2.24. The lowest BCUT2D eigenvalue weighted by Gasteiger charge is -2.06. The van der Waals surface area contributed by atoms with Crippen LogP contribution in [0, 0.1) is 0 Å². The smallest absolute Gasteiger partial charge is 0.338 e. The number of benzene rings is 2. The Hall–Kier alpha value is -2.92. The summed E-state index contributed by atoms with van der Waals surface area (Å²) in [5.74, 6) is -0.379. The van der Waals surface area contributed by atoms with Crippen LogP contribution in [-0.4, -0.2) is 20.9 Å². The second-order valence-electron chi connectivity index (χ2n) is 6.40. The predicted molar refractivity (Wildman–Crippen MR) is 97.1 cm³/mol. The van der Waals surface area contributed by atoms with Gasteiger partial charge in [-0.15, -0.1) is 0 Å². The normalized spacial score (nSPS) is 12.8. The molecule has 1 aliphatic carbocycles. The molecule has 2 aromatic carbocycles. The van der Waals surface area contributed by atoms with E-state index in [1.54, 1.807) is 24.3 Å². The van der Waals surface area contributed by atoms with Gasteiger partial charge in [-0.2, -0.15) is 5.10 Å². The molecule has 26 heavy (non-hydrogen) atoms. The van der Waals surface area contributed by atoms with Crippen molar-refractivity contribution < 1.29 is 14.6 Å².